The number of hydrogen-bond acceptors (Lipinski definition) is 6. The van der Waals surface area contributed by atoms with Gasteiger partial charge in [0.05, 0.1) is 23.7 Å². The second-order valence-corrected chi connectivity index (χ2v) is 10.3. The zero-order valence-corrected chi connectivity index (χ0v) is 23.4. The van der Waals surface area contributed by atoms with Crippen LogP contribution in [0.3, 0.4) is 0 Å². The highest BCUT2D eigenvalue weighted by molar-refractivity contribution is 5.96. The third kappa shape index (κ3) is 6.02. The van der Waals surface area contributed by atoms with Gasteiger partial charge in [-0.3, -0.25) is 19.2 Å². The second-order valence-electron chi connectivity index (χ2n) is 10.3. The largest absolute Gasteiger partial charge is 0.481 e. The van der Waals surface area contributed by atoms with Crippen molar-refractivity contribution in [2.75, 3.05) is 6.54 Å². The van der Waals surface area contributed by atoms with Crippen LogP contribution in [0.5, 0.6) is 11.5 Å². The van der Waals surface area contributed by atoms with Crippen LogP contribution in [0.1, 0.15) is 67.2 Å². The number of carboxylic acids is 1. The number of aliphatic carboxylic acids is 1. The molecule has 4 rings (SSSR count). The van der Waals surface area contributed by atoms with E-state index in [4.69, 9.17) is 4.74 Å². The Kier molecular flexibility index (Phi) is 9.03. The van der Waals surface area contributed by atoms with Crippen molar-refractivity contribution in [2.24, 2.45) is 5.41 Å². The lowest BCUT2D eigenvalue weighted by Crippen LogP contribution is -2.53. The van der Waals surface area contributed by atoms with Crippen LogP contribution in [0.15, 0.2) is 53.3 Å². The molecule has 222 valence electrons. The first-order chi connectivity index (χ1) is 20.0. The number of likely N-dealkylation sites (tertiary alicyclic amines) is 1. The van der Waals surface area contributed by atoms with Gasteiger partial charge in [-0.1, -0.05) is 26.0 Å². The Labute approximate surface area is 240 Å². The third-order valence-electron chi connectivity index (χ3n) is 7.94. The van der Waals surface area contributed by atoms with E-state index in [-0.39, 0.29) is 29.9 Å². The number of carbonyl (C=O) groups is 3. The van der Waals surface area contributed by atoms with Crippen LogP contribution in [0, 0.1) is 24.0 Å². The molecule has 3 aromatic rings. The number of benzene rings is 2. The van der Waals surface area contributed by atoms with Crippen LogP contribution in [-0.2, 0) is 9.59 Å². The fourth-order valence-corrected chi connectivity index (χ4v) is 5.66. The number of rotatable bonds is 10. The number of carbonyl (C=O) groups excluding carboxylic acids is 2. The first-order valence-electron chi connectivity index (χ1n) is 13.6. The Hall–Kier alpha value is -4.61. The van der Waals surface area contributed by atoms with E-state index in [0.717, 1.165) is 6.07 Å². The van der Waals surface area contributed by atoms with E-state index >= 15 is 0 Å². The monoisotopic (exact) mass is 582 g/mol. The Morgan fingerprint density at radius 3 is 2.48 bits per heavy atom. The van der Waals surface area contributed by atoms with Crippen molar-refractivity contribution in [1.82, 2.24) is 20.4 Å². The Morgan fingerprint density at radius 1 is 1.10 bits per heavy atom. The number of halogens is 2. The standard InChI is InChI=1S/C30H32F2N4O6/c1-4-30(5-2,29(40)41)25-12-10-22(18-7-6-8-20(31)14-18)36(25)26(37)16-33-27(38)19-9-11-23(21(32)15-19)42-24-13-17(3)34-35-28(24)39/h6-9,11,13-15,22,25H,4-5,10,12,16H2,1-3H3,(H,33,38)(H,35,39)(H,40,41)/t22-,25+/m0/s1. The van der Waals surface area contributed by atoms with Gasteiger partial charge in [-0.05, 0) is 68.5 Å². The number of aryl methyl sites for hydroxylation is 1. The number of nitrogens with one attached hydrogen (secondary N) is 2. The van der Waals surface area contributed by atoms with Crippen LogP contribution < -0.4 is 15.6 Å². The van der Waals surface area contributed by atoms with Gasteiger partial charge in [0.1, 0.15) is 5.82 Å². The average molecular weight is 583 g/mol. The van der Waals surface area contributed by atoms with Gasteiger partial charge in [0.2, 0.25) is 5.91 Å². The summed E-state index contributed by atoms with van der Waals surface area (Å²) in [5.41, 5.74) is -1.01. The number of ether oxygens (including phenoxy) is 1. The molecule has 0 radical (unpaired) electrons. The molecule has 2 heterocycles. The SMILES string of the molecule is CCC(CC)(C(=O)O)[C@H]1CC[C@@H](c2cccc(F)c2)N1C(=O)CNC(=O)c1ccc(Oc2cc(C)n[nH]c2=O)c(F)c1. The minimum Gasteiger partial charge on any atom is -0.481 e. The van der Waals surface area contributed by atoms with Gasteiger partial charge in [-0.2, -0.15) is 5.10 Å². The van der Waals surface area contributed by atoms with Crippen molar-refractivity contribution in [3.05, 3.63) is 87.3 Å². The molecule has 2 atom stereocenters. The van der Waals surface area contributed by atoms with E-state index in [0.29, 0.717) is 24.1 Å². The third-order valence-corrected chi connectivity index (χ3v) is 7.94. The molecule has 1 aliphatic rings. The maximum atomic E-state index is 14.8. The minimum atomic E-state index is -1.23. The number of amides is 2. The molecule has 1 aliphatic heterocycles. The first kappa shape index (κ1) is 30.4. The van der Waals surface area contributed by atoms with Crippen molar-refractivity contribution < 1.29 is 33.0 Å². The van der Waals surface area contributed by atoms with Gasteiger partial charge in [0.25, 0.3) is 5.91 Å². The number of hydrogen-bond donors (Lipinski definition) is 3. The van der Waals surface area contributed by atoms with Crippen LogP contribution in [0.4, 0.5) is 8.78 Å². The summed E-state index contributed by atoms with van der Waals surface area (Å²) in [6.45, 7) is 4.64. The van der Waals surface area contributed by atoms with Gasteiger partial charge in [-0.25, -0.2) is 13.9 Å². The van der Waals surface area contributed by atoms with Gasteiger partial charge in [0.15, 0.2) is 17.3 Å². The van der Waals surface area contributed by atoms with Gasteiger partial charge < -0.3 is 20.1 Å². The molecule has 0 spiro atoms. The van der Waals surface area contributed by atoms with E-state index in [9.17, 15) is 33.1 Å². The lowest BCUT2D eigenvalue weighted by molar-refractivity contribution is -0.156. The molecule has 2 amide bonds. The number of nitrogens with zero attached hydrogens (tertiary/aromatic N) is 2. The van der Waals surface area contributed by atoms with Crippen molar-refractivity contribution in [3.8, 4) is 11.5 Å². The number of H-pyrrole nitrogens is 1. The molecule has 1 saturated heterocycles. The van der Waals surface area contributed by atoms with E-state index in [1.807, 2.05) is 0 Å². The molecule has 0 unspecified atom stereocenters. The summed E-state index contributed by atoms with van der Waals surface area (Å²) in [4.78, 5) is 52.3. The predicted molar refractivity (Wildman–Crippen MR) is 148 cm³/mol. The highest BCUT2D eigenvalue weighted by Gasteiger charge is 2.52. The molecule has 42 heavy (non-hydrogen) atoms. The molecule has 3 N–H and O–H groups in total. The number of carboxylic acid groups (broad SMARTS) is 1. The molecular weight excluding hydrogens is 550 g/mol. The molecular formula is C30H32F2N4O6. The number of aromatic nitrogens is 2. The molecule has 10 nitrogen and oxygen atoms in total. The molecule has 0 aliphatic carbocycles. The van der Waals surface area contributed by atoms with Crippen LogP contribution >= 0.6 is 0 Å². The van der Waals surface area contributed by atoms with Crippen molar-refractivity contribution >= 4 is 17.8 Å². The fourth-order valence-electron chi connectivity index (χ4n) is 5.66. The maximum Gasteiger partial charge on any atom is 0.311 e. The number of aromatic amines is 1. The summed E-state index contributed by atoms with van der Waals surface area (Å²) in [5, 5.41) is 18.6. The van der Waals surface area contributed by atoms with Gasteiger partial charge >= 0.3 is 11.5 Å². The predicted octanol–water partition coefficient (Wildman–Crippen LogP) is 4.50. The van der Waals surface area contributed by atoms with Gasteiger partial charge in [-0.15, -0.1) is 0 Å². The normalized spacial score (nSPS) is 16.7. The summed E-state index contributed by atoms with van der Waals surface area (Å²) in [6, 6.07) is 9.26. The quantitative estimate of drug-likeness (QED) is 0.320. The average Bonchev–Trinajstić information content (AvgIpc) is 3.41. The minimum absolute atomic E-state index is 0.103. The summed E-state index contributed by atoms with van der Waals surface area (Å²) in [6.07, 6.45) is 1.36. The van der Waals surface area contributed by atoms with Crippen molar-refractivity contribution in [2.45, 2.75) is 58.5 Å². The lowest BCUT2D eigenvalue weighted by atomic mass is 9.74. The molecule has 12 heteroatoms. The van der Waals surface area contributed by atoms with Crippen LogP contribution in [0.2, 0.25) is 0 Å². The molecule has 0 bridgehead atoms. The van der Waals surface area contributed by atoms with E-state index < -0.39 is 59.0 Å². The lowest BCUT2D eigenvalue weighted by Gasteiger charge is -2.41. The van der Waals surface area contributed by atoms with E-state index in [1.54, 1.807) is 26.8 Å². The Morgan fingerprint density at radius 2 is 1.83 bits per heavy atom. The summed E-state index contributed by atoms with van der Waals surface area (Å²) >= 11 is 0. The fraction of sp³-hybridized carbons (Fsp3) is 0.367. The molecule has 2 aromatic carbocycles. The second kappa shape index (κ2) is 12.5. The Bertz CT molecular complexity index is 1550. The summed E-state index contributed by atoms with van der Waals surface area (Å²) < 4.78 is 34.2. The van der Waals surface area contributed by atoms with Crippen molar-refractivity contribution in [1.29, 1.82) is 0 Å². The molecule has 1 fully saturated rings. The van der Waals surface area contributed by atoms with E-state index in [1.165, 1.54) is 41.3 Å². The smallest absolute Gasteiger partial charge is 0.311 e. The van der Waals surface area contributed by atoms with Crippen LogP contribution in [-0.4, -0.2) is 50.6 Å². The maximum absolute atomic E-state index is 14.8. The van der Waals surface area contributed by atoms with Gasteiger partial charge in [0, 0.05) is 17.7 Å². The molecule has 0 saturated carbocycles. The summed E-state index contributed by atoms with van der Waals surface area (Å²) in [7, 11) is 0. The summed E-state index contributed by atoms with van der Waals surface area (Å²) in [5.74, 6) is -4.17. The first-order valence-corrected chi connectivity index (χ1v) is 13.6. The van der Waals surface area contributed by atoms with Crippen molar-refractivity contribution in [3.63, 3.8) is 0 Å². The zero-order valence-electron chi connectivity index (χ0n) is 23.4. The van der Waals surface area contributed by atoms with Crippen LogP contribution in [0.25, 0.3) is 0 Å². The highest BCUT2D eigenvalue weighted by Crippen LogP contribution is 2.46. The van der Waals surface area contributed by atoms with E-state index in [2.05, 4.69) is 15.5 Å². The topological polar surface area (TPSA) is 142 Å². The molecule has 1 aromatic heterocycles. The highest BCUT2D eigenvalue weighted by atomic mass is 19.1. The zero-order chi connectivity index (χ0) is 30.6. The Balaban J connectivity index is 1.54.